The van der Waals surface area contributed by atoms with E-state index >= 15 is 0 Å². The third-order valence-electron chi connectivity index (χ3n) is 4.95. The van der Waals surface area contributed by atoms with Crippen LogP contribution in [0.5, 0.6) is 0 Å². The molecule has 3 saturated heterocycles. The minimum atomic E-state index is -1.62. The molecule has 23 heavy (non-hydrogen) atoms. The minimum absolute atomic E-state index is 0.0937. The molecule has 2 bridgehead atoms. The van der Waals surface area contributed by atoms with E-state index in [1.54, 1.807) is 18.2 Å². The van der Waals surface area contributed by atoms with Gasteiger partial charge in [0.2, 0.25) is 0 Å². The fraction of sp³-hybridized carbons (Fsp3) is 0.500. The summed E-state index contributed by atoms with van der Waals surface area (Å²) in [6, 6.07) is 9.08. The summed E-state index contributed by atoms with van der Waals surface area (Å²) in [5, 5.41) is 11.0. The Morgan fingerprint density at radius 1 is 1.35 bits per heavy atom. The lowest BCUT2D eigenvalue weighted by Crippen LogP contribution is -2.53. The zero-order valence-electron chi connectivity index (χ0n) is 13.0. The number of hydrogen-bond donors (Lipinski definition) is 1. The Balaban J connectivity index is 1.78. The Hall–Kier alpha value is -0.920. The number of nitrogens with zero attached hydrogens (tertiary/aromatic N) is 1. The number of fused-ring (bicyclic) bond motifs is 3. The lowest BCUT2D eigenvalue weighted by molar-refractivity contribution is -0.181. The summed E-state index contributed by atoms with van der Waals surface area (Å²) in [7, 11) is 0. The molecule has 4 nitrogen and oxygen atoms in total. The predicted octanol–water partition coefficient (Wildman–Crippen LogP) is 2.85. The third kappa shape index (κ3) is 3.61. The first kappa shape index (κ1) is 16.9. The molecule has 1 aromatic carbocycles. The van der Waals surface area contributed by atoms with Crippen molar-refractivity contribution in [1.82, 2.24) is 4.90 Å². The van der Waals surface area contributed by atoms with E-state index in [1.165, 1.54) is 0 Å². The fourth-order valence-electron chi connectivity index (χ4n) is 3.53. The van der Waals surface area contributed by atoms with Crippen LogP contribution in [0.1, 0.15) is 24.8 Å². The van der Waals surface area contributed by atoms with E-state index in [2.05, 4.69) is 27.5 Å². The number of piperidine rings is 3. The van der Waals surface area contributed by atoms with Crippen molar-refractivity contribution < 1.29 is 14.6 Å². The molecule has 0 aliphatic carbocycles. The first-order valence-electron chi connectivity index (χ1n) is 8.10. The number of halogens is 1. The summed E-state index contributed by atoms with van der Waals surface area (Å²) >= 11 is 2.09. The van der Waals surface area contributed by atoms with Gasteiger partial charge in [0.15, 0.2) is 5.60 Å². The maximum Gasteiger partial charge on any atom is 0.343 e. The molecule has 0 spiro atoms. The summed E-state index contributed by atoms with van der Waals surface area (Å²) in [4.78, 5) is 15.1. The maximum atomic E-state index is 12.8. The smallest absolute Gasteiger partial charge is 0.343 e. The van der Waals surface area contributed by atoms with Crippen LogP contribution in [-0.2, 0) is 15.1 Å². The molecule has 1 aromatic rings. The van der Waals surface area contributed by atoms with Crippen molar-refractivity contribution in [3.8, 4) is 0 Å². The van der Waals surface area contributed by atoms with E-state index < -0.39 is 11.6 Å². The average molecular weight is 425 g/mol. The summed E-state index contributed by atoms with van der Waals surface area (Å²) in [5.74, 6) is -0.0963. The van der Waals surface area contributed by atoms with Gasteiger partial charge in [0, 0.05) is 13.0 Å². The highest BCUT2D eigenvalue weighted by molar-refractivity contribution is 14.1. The Morgan fingerprint density at radius 3 is 2.61 bits per heavy atom. The van der Waals surface area contributed by atoms with Crippen molar-refractivity contribution in [2.75, 3.05) is 19.6 Å². The fourth-order valence-corrected chi connectivity index (χ4v) is 3.78. The Labute approximate surface area is 150 Å². The molecular formula is C18H22INO3. The number of carbonyl (C=O) groups excluding carboxylic acids is 1. The van der Waals surface area contributed by atoms with Gasteiger partial charge in [-0.25, -0.2) is 4.79 Å². The number of rotatable bonds is 5. The van der Waals surface area contributed by atoms with Gasteiger partial charge < -0.3 is 9.84 Å². The van der Waals surface area contributed by atoms with Crippen LogP contribution in [0.15, 0.2) is 40.5 Å². The van der Waals surface area contributed by atoms with Crippen LogP contribution in [0.2, 0.25) is 0 Å². The molecule has 3 aliphatic heterocycles. The molecule has 2 atom stereocenters. The number of esters is 1. The Bertz CT molecular complexity index is 569. The second kappa shape index (κ2) is 7.32. The largest absolute Gasteiger partial charge is 0.458 e. The van der Waals surface area contributed by atoms with Gasteiger partial charge in [-0.15, -0.1) is 0 Å². The molecule has 1 N–H and O–H groups in total. The summed E-state index contributed by atoms with van der Waals surface area (Å²) in [6.45, 7) is 2.99. The average Bonchev–Trinajstić information content (AvgIpc) is 2.61. The van der Waals surface area contributed by atoms with Gasteiger partial charge in [-0.3, -0.25) is 4.90 Å². The van der Waals surface area contributed by atoms with Crippen molar-refractivity contribution in [3.63, 3.8) is 0 Å². The molecule has 0 radical (unpaired) electrons. The molecule has 0 saturated carbocycles. The van der Waals surface area contributed by atoms with Crippen LogP contribution < -0.4 is 0 Å². The van der Waals surface area contributed by atoms with Gasteiger partial charge in [0.05, 0.1) is 0 Å². The van der Waals surface area contributed by atoms with Gasteiger partial charge >= 0.3 is 5.97 Å². The zero-order valence-corrected chi connectivity index (χ0v) is 15.2. The van der Waals surface area contributed by atoms with E-state index in [-0.39, 0.29) is 12.5 Å². The molecule has 124 valence electrons. The topological polar surface area (TPSA) is 49.8 Å². The van der Waals surface area contributed by atoms with Crippen molar-refractivity contribution in [1.29, 1.82) is 0 Å². The van der Waals surface area contributed by atoms with Gasteiger partial charge in [-0.05, 0) is 41.5 Å². The highest BCUT2D eigenvalue weighted by Crippen LogP contribution is 2.33. The van der Waals surface area contributed by atoms with Gasteiger partial charge in [-0.1, -0.05) is 59.0 Å². The monoisotopic (exact) mass is 425 g/mol. The summed E-state index contributed by atoms with van der Waals surface area (Å²) in [5.41, 5.74) is -1.03. The molecular weight excluding hydrogens is 403 g/mol. The van der Waals surface area contributed by atoms with Crippen LogP contribution in [0.25, 0.3) is 0 Å². The third-order valence-corrected chi connectivity index (χ3v) is 5.45. The highest BCUT2D eigenvalue weighted by Gasteiger charge is 2.43. The van der Waals surface area contributed by atoms with Crippen LogP contribution in [0.3, 0.4) is 0 Å². The molecule has 0 aromatic heterocycles. The minimum Gasteiger partial charge on any atom is -0.458 e. The standard InChI is InChI=1S/C18H22INO3/c19-10-4-9-18(22,15-5-2-1-3-6-15)17(21)23-16-13-20-11-7-14(16)8-12-20/h1-6,10,14,16,22H,7-9,11-13H2/t16-,18?/m0/s1/i19-2. The molecule has 3 aliphatic rings. The second-order valence-corrected chi connectivity index (χ2v) is 7.09. The first-order chi connectivity index (χ1) is 11.1. The van der Waals surface area contributed by atoms with Gasteiger partial charge in [-0.2, -0.15) is 0 Å². The number of ether oxygens (including phenoxy) is 1. The Kier molecular flexibility index (Phi) is 5.38. The van der Waals surface area contributed by atoms with Crippen molar-refractivity contribution in [2.45, 2.75) is 31.0 Å². The SMILES string of the molecule is O=C(O[C@H]1CN2CCC1CC2)C(O)(CC=C[125I])c1ccccc1. The lowest BCUT2D eigenvalue weighted by atomic mass is 9.85. The predicted molar refractivity (Wildman–Crippen MR) is 97.2 cm³/mol. The first-order valence-corrected chi connectivity index (χ1v) is 9.34. The number of benzene rings is 1. The van der Waals surface area contributed by atoms with Crippen LogP contribution in [-0.4, -0.2) is 41.7 Å². The number of hydrogen-bond acceptors (Lipinski definition) is 4. The second-order valence-electron chi connectivity index (χ2n) is 6.37. The lowest BCUT2D eigenvalue weighted by Gasteiger charge is -2.44. The van der Waals surface area contributed by atoms with Crippen LogP contribution >= 0.6 is 22.6 Å². The van der Waals surface area contributed by atoms with Crippen LogP contribution in [0.4, 0.5) is 0 Å². The van der Waals surface area contributed by atoms with E-state index in [0.29, 0.717) is 11.5 Å². The molecule has 3 fully saturated rings. The van der Waals surface area contributed by atoms with E-state index in [4.69, 9.17) is 4.74 Å². The van der Waals surface area contributed by atoms with Crippen molar-refractivity contribution in [2.24, 2.45) is 5.92 Å². The molecule has 3 heterocycles. The Morgan fingerprint density at radius 2 is 2.04 bits per heavy atom. The summed E-state index contributed by atoms with van der Waals surface area (Å²) < 4.78 is 7.59. The van der Waals surface area contributed by atoms with Gasteiger partial charge in [0.25, 0.3) is 0 Å². The maximum absolute atomic E-state index is 12.8. The molecule has 0 amide bonds. The van der Waals surface area contributed by atoms with E-state index in [0.717, 1.165) is 32.5 Å². The molecule has 1 unspecified atom stereocenters. The highest BCUT2D eigenvalue weighted by atomic mass is 125. The van der Waals surface area contributed by atoms with Crippen LogP contribution in [0, 0.1) is 5.92 Å². The van der Waals surface area contributed by atoms with Gasteiger partial charge in [0.1, 0.15) is 6.10 Å². The molecule has 5 heteroatoms. The summed E-state index contributed by atoms with van der Waals surface area (Å²) in [6.07, 6.45) is 4.08. The normalized spacial score (nSPS) is 29.4. The number of aliphatic hydroxyl groups is 1. The van der Waals surface area contributed by atoms with Crippen molar-refractivity contribution >= 4 is 28.6 Å². The van der Waals surface area contributed by atoms with Crippen molar-refractivity contribution in [3.05, 3.63) is 46.1 Å². The molecule has 4 rings (SSSR count). The number of carbonyl (C=O) groups is 1. The zero-order chi connectivity index (χ0) is 16.3. The van der Waals surface area contributed by atoms with E-state index in [1.807, 2.05) is 22.3 Å². The quantitative estimate of drug-likeness (QED) is 0.583. The van der Waals surface area contributed by atoms with E-state index in [9.17, 15) is 9.90 Å².